The lowest BCUT2D eigenvalue weighted by atomic mass is 9.75. The van der Waals surface area contributed by atoms with E-state index in [1.54, 1.807) is 33.1 Å². The number of aromatic nitrogens is 2. The SMILES string of the molecule is COc1cc(CNc2nc(C)nc(C)c2[N+](=O)[O-])c(F)cc1C1CN2CCC1CC2. The number of halogens is 1. The van der Waals surface area contributed by atoms with Gasteiger partial charge in [-0.1, -0.05) is 0 Å². The number of nitrogens with one attached hydrogen (secondary N) is 1. The Morgan fingerprint density at radius 1 is 1.30 bits per heavy atom. The number of nitrogens with zero attached hydrogens (tertiary/aromatic N) is 4. The molecule has 1 N–H and O–H groups in total. The summed E-state index contributed by atoms with van der Waals surface area (Å²) in [6.07, 6.45) is 2.27. The van der Waals surface area contributed by atoms with Gasteiger partial charge in [-0.3, -0.25) is 10.1 Å². The van der Waals surface area contributed by atoms with Gasteiger partial charge in [0.05, 0.1) is 12.0 Å². The molecule has 30 heavy (non-hydrogen) atoms. The second-order valence-corrected chi connectivity index (χ2v) is 8.09. The van der Waals surface area contributed by atoms with Gasteiger partial charge in [-0.05, 0) is 57.8 Å². The van der Waals surface area contributed by atoms with Crippen molar-refractivity contribution in [2.24, 2.45) is 5.92 Å². The summed E-state index contributed by atoms with van der Waals surface area (Å²) in [6.45, 7) is 6.44. The zero-order valence-corrected chi connectivity index (χ0v) is 17.4. The zero-order chi connectivity index (χ0) is 21.4. The molecule has 3 aliphatic rings. The third-order valence-electron chi connectivity index (χ3n) is 6.25. The maximum Gasteiger partial charge on any atom is 0.332 e. The average Bonchev–Trinajstić information content (AvgIpc) is 2.72. The molecule has 2 aromatic rings. The Hall–Kier alpha value is -2.81. The molecule has 5 rings (SSSR count). The maximum absolute atomic E-state index is 15.0. The van der Waals surface area contributed by atoms with Gasteiger partial charge in [0, 0.05) is 30.1 Å². The van der Waals surface area contributed by atoms with Gasteiger partial charge in [-0.25, -0.2) is 14.4 Å². The Labute approximate surface area is 174 Å². The highest BCUT2D eigenvalue weighted by atomic mass is 19.1. The van der Waals surface area contributed by atoms with Gasteiger partial charge in [0.1, 0.15) is 23.1 Å². The molecule has 9 heteroatoms. The second kappa shape index (κ2) is 8.14. The van der Waals surface area contributed by atoms with Crippen LogP contribution in [-0.4, -0.2) is 46.5 Å². The Morgan fingerprint density at radius 2 is 2.03 bits per heavy atom. The minimum atomic E-state index is -0.523. The number of nitro groups is 1. The average molecular weight is 415 g/mol. The van der Waals surface area contributed by atoms with Crippen molar-refractivity contribution in [3.63, 3.8) is 0 Å². The van der Waals surface area contributed by atoms with Crippen LogP contribution in [-0.2, 0) is 6.54 Å². The zero-order valence-electron chi connectivity index (χ0n) is 17.4. The van der Waals surface area contributed by atoms with E-state index in [9.17, 15) is 10.1 Å². The number of rotatable bonds is 6. The molecular weight excluding hydrogens is 389 g/mol. The van der Waals surface area contributed by atoms with Crippen LogP contribution in [0.5, 0.6) is 5.75 Å². The lowest BCUT2D eigenvalue weighted by Crippen LogP contribution is -2.46. The predicted octanol–water partition coefficient (Wildman–Crippen LogP) is 3.57. The van der Waals surface area contributed by atoms with E-state index in [1.165, 1.54) is 0 Å². The van der Waals surface area contributed by atoms with Crippen molar-refractivity contribution < 1.29 is 14.1 Å². The fraction of sp³-hybridized carbons (Fsp3) is 0.524. The van der Waals surface area contributed by atoms with E-state index in [0.717, 1.165) is 38.0 Å². The maximum atomic E-state index is 15.0. The molecule has 1 unspecified atom stereocenters. The van der Waals surface area contributed by atoms with E-state index in [0.29, 0.717) is 23.1 Å². The fourth-order valence-corrected chi connectivity index (χ4v) is 4.76. The first kappa shape index (κ1) is 20.5. The van der Waals surface area contributed by atoms with Crippen LogP contribution in [0.4, 0.5) is 15.9 Å². The van der Waals surface area contributed by atoms with Crippen molar-refractivity contribution in [2.75, 3.05) is 32.1 Å². The molecule has 1 atom stereocenters. The van der Waals surface area contributed by atoms with Crippen LogP contribution in [0.2, 0.25) is 0 Å². The summed E-state index contributed by atoms with van der Waals surface area (Å²) in [5.74, 6) is 1.65. The molecule has 0 aliphatic carbocycles. The highest BCUT2D eigenvalue weighted by molar-refractivity contribution is 5.58. The number of fused-ring (bicyclic) bond motifs is 3. The largest absolute Gasteiger partial charge is 0.496 e. The molecule has 3 fully saturated rings. The van der Waals surface area contributed by atoms with E-state index in [-0.39, 0.29) is 35.5 Å². The molecule has 2 bridgehead atoms. The summed E-state index contributed by atoms with van der Waals surface area (Å²) in [6, 6.07) is 3.27. The second-order valence-electron chi connectivity index (χ2n) is 8.09. The van der Waals surface area contributed by atoms with Gasteiger partial charge in [-0.15, -0.1) is 0 Å². The number of ether oxygens (including phenoxy) is 1. The van der Waals surface area contributed by atoms with Crippen molar-refractivity contribution in [3.8, 4) is 5.75 Å². The van der Waals surface area contributed by atoms with Crippen LogP contribution in [0.1, 0.15) is 41.4 Å². The van der Waals surface area contributed by atoms with Crippen LogP contribution in [0.3, 0.4) is 0 Å². The van der Waals surface area contributed by atoms with Crippen molar-refractivity contribution >= 4 is 11.5 Å². The van der Waals surface area contributed by atoms with Crippen molar-refractivity contribution in [2.45, 2.75) is 39.2 Å². The molecule has 0 spiro atoms. The summed E-state index contributed by atoms with van der Waals surface area (Å²) >= 11 is 0. The van der Waals surface area contributed by atoms with Crippen LogP contribution in [0.15, 0.2) is 12.1 Å². The van der Waals surface area contributed by atoms with Crippen LogP contribution in [0, 0.1) is 35.7 Å². The number of piperidine rings is 3. The predicted molar refractivity (Wildman–Crippen MR) is 110 cm³/mol. The lowest BCUT2D eigenvalue weighted by molar-refractivity contribution is -0.385. The molecule has 0 radical (unpaired) electrons. The molecule has 0 saturated carbocycles. The van der Waals surface area contributed by atoms with Gasteiger partial charge in [0.2, 0.25) is 5.82 Å². The van der Waals surface area contributed by atoms with Gasteiger partial charge < -0.3 is 15.0 Å². The first-order chi connectivity index (χ1) is 14.4. The summed E-state index contributed by atoms with van der Waals surface area (Å²) in [7, 11) is 1.59. The first-order valence-corrected chi connectivity index (χ1v) is 10.2. The van der Waals surface area contributed by atoms with E-state index < -0.39 is 4.92 Å². The van der Waals surface area contributed by atoms with E-state index in [4.69, 9.17) is 4.74 Å². The Balaban J connectivity index is 1.60. The summed E-state index contributed by atoms with van der Waals surface area (Å²) in [5.41, 5.74) is 1.36. The molecule has 4 heterocycles. The number of hydrogen-bond acceptors (Lipinski definition) is 7. The Kier molecular flexibility index (Phi) is 5.55. The van der Waals surface area contributed by atoms with Crippen LogP contribution >= 0.6 is 0 Å². The first-order valence-electron chi connectivity index (χ1n) is 10.2. The Bertz CT molecular complexity index is 976. The third kappa shape index (κ3) is 3.81. The minimum Gasteiger partial charge on any atom is -0.496 e. The monoisotopic (exact) mass is 415 g/mol. The highest BCUT2D eigenvalue weighted by Gasteiger charge is 2.36. The van der Waals surface area contributed by atoms with Gasteiger partial charge >= 0.3 is 5.69 Å². The van der Waals surface area contributed by atoms with Crippen molar-refractivity contribution in [1.82, 2.24) is 14.9 Å². The summed E-state index contributed by atoms with van der Waals surface area (Å²) in [4.78, 5) is 21.5. The minimum absolute atomic E-state index is 0.0550. The van der Waals surface area contributed by atoms with E-state index in [2.05, 4.69) is 20.2 Å². The third-order valence-corrected chi connectivity index (χ3v) is 6.25. The Morgan fingerprint density at radius 3 is 2.63 bits per heavy atom. The standard InChI is InChI=1S/C21H26FN5O3/c1-12-20(27(28)29)21(25-13(2)24-12)23-10-15-8-19(30-3)16(9-18(15)22)17-11-26-6-4-14(17)5-7-26/h8-9,14,17H,4-7,10-11H2,1-3H3,(H,23,24,25). The number of aryl methyl sites for hydroxylation is 2. The van der Waals surface area contributed by atoms with Crippen LogP contribution < -0.4 is 10.1 Å². The molecule has 0 amide bonds. The van der Waals surface area contributed by atoms with E-state index in [1.807, 2.05) is 0 Å². The molecule has 3 aliphatic heterocycles. The van der Waals surface area contributed by atoms with Gasteiger partial charge in [0.15, 0.2) is 0 Å². The normalized spacial score (nSPS) is 22.7. The fourth-order valence-electron chi connectivity index (χ4n) is 4.76. The van der Waals surface area contributed by atoms with Crippen LogP contribution in [0.25, 0.3) is 0 Å². The van der Waals surface area contributed by atoms with Crippen molar-refractivity contribution in [3.05, 3.63) is 50.7 Å². The molecule has 3 saturated heterocycles. The quantitative estimate of drug-likeness (QED) is 0.569. The van der Waals surface area contributed by atoms with E-state index >= 15 is 4.39 Å². The van der Waals surface area contributed by atoms with Gasteiger partial charge in [-0.2, -0.15) is 0 Å². The smallest absolute Gasteiger partial charge is 0.332 e. The molecular formula is C21H26FN5O3. The van der Waals surface area contributed by atoms with Crippen molar-refractivity contribution in [1.29, 1.82) is 0 Å². The number of methoxy groups -OCH3 is 1. The number of anilines is 1. The topological polar surface area (TPSA) is 93.4 Å². The molecule has 160 valence electrons. The lowest BCUT2D eigenvalue weighted by Gasteiger charge is -2.45. The summed E-state index contributed by atoms with van der Waals surface area (Å²) in [5, 5.41) is 14.3. The molecule has 8 nitrogen and oxygen atoms in total. The number of hydrogen-bond donors (Lipinski definition) is 1. The molecule has 1 aromatic heterocycles. The molecule has 1 aromatic carbocycles. The summed E-state index contributed by atoms with van der Waals surface area (Å²) < 4.78 is 20.6. The van der Waals surface area contributed by atoms with Gasteiger partial charge in [0.25, 0.3) is 0 Å². The number of benzene rings is 1. The highest BCUT2D eigenvalue weighted by Crippen LogP contribution is 2.43.